The number of rotatable bonds is 4. The third-order valence-corrected chi connectivity index (χ3v) is 5.91. The first-order valence-electron chi connectivity index (χ1n) is 8.36. The standard InChI is InChI=1S/C19H21N3OS/c1-3-13-12-24-19-21-17(15-9-6-7-11-20-15)18(22(13)19)14-8-4-5-10-16(14)23-2/h4-11,13,17-18H,3,12H2,1-2H3/t13-,17-,18-/m1/s1. The van der Waals surface area contributed by atoms with E-state index in [1.165, 1.54) is 5.56 Å². The average molecular weight is 339 g/mol. The molecule has 5 heteroatoms. The van der Waals surface area contributed by atoms with E-state index in [0.717, 1.165) is 28.8 Å². The molecule has 24 heavy (non-hydrogen) atoms. The molecule has 0 radical (unpaired) electrons. The van der Waals surface area contributed by atoms with E-state index < -0.39 is 0 Å². The van der Waals surface area contributed by atoms with Gasteiger partial charge in [-0.15, -0.1) is 0 Å². The predicted molar refractivity (Wildman–Crippen MR) is 98.5 cm³/mol. The van der Waals surface area contributed by atoms with Crippen LogP contribution in [0.4, 0.5) is 0 Å². The fourth-order valence-corrected chi connectivity index (χ4v) is 4.94. The molecule has 1 aromatic carbocycles. The number of thioether (sulfide) groups is 1. The lowest BCUT2D eigenvalue weighted by Gasteiger charge is -2.32. The number of ether oxygens (including phenoxy) is 1. The van der Waals surface area contributed by atoms with E-state index in [0.29, 0.717) is 6.04 Å². The number of hydrogen-bond donors (Lipinski definition) is 0. The maximum Gasteiger partial charge on any atom is 0.160 e. The molecular formula is C19H21N3OS. The first kappa shape index (κ1) is 15.5. The molecule has 2 aliphatic heterocycles. The lowest BCUT2D eigenvalue weighted by molar-refractivity contribution is 0.249. The Morgan fingerprint density at radius 1 is 1.21 bits per heavy atom. The van der Waals surface area contributed by atoms with Gasteiger partial charge in [0.05, 0.1) is 18.8 Å². The topological polar surface area (TPSA) is 37.7 Å². The molecule has 0 saturated carbocycles. The zero-order valence-corrected chi connectivity index (χ0v) is 14.7. The van der Waals surface area contributed by atoms with Crippen molar-refractivity contribution < 1.29 is 4.74 Å². The molecule has 0 bridgehead atoms. The van der Waals surface area contributed by atoms with Gasteiger partial charge >= 0.3 is 0 Å². The van der Waals surface area contributed by atoms with Gasteiger partial charge in [-0.3, -0.25) is 9.98 Å². The second-order valence-electron chi connectivity index (χ2n) is 6.08. The highest BCUT2D eigenvalue weighted by atomic mass is 32.2. The summed E-state index contributed by atoms with van der Waals surface area (Å²) in [7, 11) is 1.74. The number of amidine groups is 1. The maximum absolute atomic E-state index is 5.65. The van der Waals surface area contributed by atoms with Crippen molar-refractivity contribution in [3.63, 3.8) is 0 Å². The molecule has 0 unspecified atom stereocenters. The molecule has 0 aliphatic carbocycles. The van der Waals surface area contributed by atoms with Crippen molar-refractivity contribution in [3.8, 4) is 5.75 Å². The first-order valence-corrected chi connectivity index (χ1v) is 9.34. The van der Waals surface area contributed by atoms with Crippen LogP contribution in [0.5, 0.6) is 5.75 Å². The second kappa shape index (κ2) is 6.48. The Morgan fingerprint density at radius 3 is 2.79 bits per heavy atom. The summed E-state index contributed by atoms with van der Waals surface area (Å²) in [6, 6.07) is 15.0. The summed E-state index contributed by atoms with van der Waals surface area (Å²) in [5.74, 6) is 2.03. The number of benzene rings is 1. The van der Waals surface area contributed by atoms with E-state index in [-0.39, 0.29) is 12.1 Å². The molecule has 3 atom stereocenters. The number of methoxy groups -OCH3 is 1. The van der Waals surface area contributed by atoms with Gasteiger partial charge in [-0.1, -0.05) is 43.0 Å². The number of hydrogen-bond acceptors (Lipinski definition) is 5. The average Bonchev–Trinajstić information content (AvgIpc) is 3.21. The smallest absolute Gasteiger partial charge is 0.160 e. The fraction of sp³-hybridized carbons (Fsp3) is 0.368. The fourth-order valence-electron chi connectivity index (χ4n) is 3.60. The molecule has 4 rings (SSSR count). The molecular weight excluding hydrogens is 318 g/mol. The molecule has 2 aromatic rings. The van der Waals surface area contributed by atoms with Gasteiger partial charge in [-0.25, -0.2) is 0 Å². The third-order valence-electron chi connectivity index (χ3n) is 4.79. The Morgan fingerprint density at radius 2 is 2.04 bits per heavy atom. The molecule has 3 heterocycles. The molecule has 1 fully saturated rings. The van der Waals surface area contributed by atoms with Crippen molar-refractivity contribution >= 4 is 16.9 Å². The Balaban J connectivity index is 1.83. The highest BCUT2D eigenvalue weighted by Crippen LogP contribution is 2.50. The quantitative estimate of drug-likeness (QED) is 0.841. The van der Waals surface area contributed by atoms with Gasteiger partial charge in [0.15, 0.2) is 5.17 Å². The van der Waals surface area contributed by atoms with Gasteiger partial charge in [0, 0.05) is 23.6 Å². The van der Waals surface area contributed by atoms with Crippen LogP contribution < -0.4 is 4.74 Å². The SMILES string of the molecule is CC[C@@H]1CSC2=N[C@H](c3ccccn3)[C@@H](c3ccccc3OC)N21. The Bertz CT molecular complexity index is 749. The zero-order valence-electron chi connectivity index (χ0n) is 13.9. The number of nitrogens with zero attached hydrogens (tertiary/aromatic N) is 3. The Labute approximate surface area is 147 Å². The normalized spacial score (nSPS) is 25.5. The van der Waals surface area contributed by atoms with Gasteiger partial charge in [0.1, 0.15) is 11.8 Å². The lowest BCUT2D eigenvalue weighted by Crippen LogP contribution is -2.35. The van der Waals surface area contributed by atoms with Crippen LogP contribution in [0.15, 0.2) is 53.7 Å². The molecule has 1 aromatic heterocycles. The molecule has 0 N–H and O–H groups in total. The third kappa shape index (κ3) is 2.47. The maximum atomic E-state index is 5.65. The van der Waals surface area contributed by atoms with Crippen molar-refractivity contribution in [1.29, 1.82) is 0 Å². The van der Waals surface area contributed by atoms with Crippen molar-refractivity contribution in [1.82, 2.24) is 9.88 Å². The molecule has 0 amide bonds. The molecule has 4 nitrogen and oxygen atoms in total. The zero-order chi connectivity index (χ0) is 16.5. The minimum absolute atomic E-state index is 0.0133. The van der Waals surface area contributed by atoms with Crippen LogP contribution in [-0.2, 0) is 0 Å². The number of fused-ring (bicyclic) bond motifs is 1. The number of para-hydroxylation sites is 1. The number of aromatic nitrogens is 1. The summed E-state index contributed by atoms with van der Waals surface area (Å²) in [6.45, 7) is 2.25. The first-order chi connectivity index (χ1) is 11.8. The Kier molecular flexibility index (Phi) is 4.19. The predicted octanol–water partition coefficient (Wildman–Crippen LogP) is 4.07. The lowest BCUT2D eigenvalue weighted by atomic mass is 9.94. The minimum atomic E-state index is 0.0133. The molecule has 0 spiro atoms. The van der Waals surface area contributed by atoms with Gasteiger partial charge < -0.3 is 9.64 Å². The monoisotopic (exact) mass is 339 g/mol. The summed E-state index contributed by atoms with van der Waals surface area (Å²) >= 11 is 1.86. The van der Waals surface area contributed by atoms with Gasteiger partial charge in [-0.2, -0.15) is 0 Å². The van der Waals surface area contributed by atoms with Crippen LogP contribution in [0.25, 0.3) is 0 Å². The van der Waals surface area contributed by atoms with Crippen LogP contribution in [-0.4, -0.2) is 34.0 Å². The van der Waals surface area contributed by atoms with Crippen LogP contribution in [0.2, 0.25) is 0 Å². The van der Waals surface area contributed by atoms with E-state index in [4.69, 9.17) is 9.73 Å². The van der Waals surface area contributed by atoms with Gasteiger partial charge in [0.2, 0.25) is 0 Å². The summed E-state index contributed by atoms with van der Waals surface area (Å²) in [5, 5.41) is 1.15. The molecule has 124 valence electrons. The summed E-state index contributed by atoms with van der Waals surface area (Å²) in [4.78, 5) is 12.1. The second-order valence-corrected chi connectivity index (χ2v) is 7.07. The van der Waals surface area contributed by atoms with Crippen molar-refractivity contribution in [2.75, 3.05) is 12.9 Å². The van der Waals surface area contributed by atoms with E-state index in [9.17, 15) is 0 Å². The van der Waals surface area contributed by atoms with E-state index in [1.54, 1.807) is 7.11 Å². The van der Waals surface area contributed by atoms with Crippen LogP contribution in [0, 0.1) is 0 Å². The molecule has 2 aliphatic rings. The van der Waals surface area contributed by atoms with E-state index in [2.05, 4.69) is 35.0 Å². The van der Waals surface area contributed by atoms with E-state index in [1.807, 2.05) is 42.2 Å². The van der Waals surface area contributed by atoms with Crippen molar-refractivity contribution in [3.05, 3.63) is 59.9 Å². The van der Waals surface area contributed by atoms with Gasteiger partial charge in [-0.05, 0) is 24.6 Å². The van der Waals surface area contributed by atoms with Gasteiger partial charge in [0.25, 0.3) is 0 Å². The highest BCUT2D eigenvalue weighted by Gasteiger charge is 2.46. The van der Waals surface area contributed by atoms with Crippen LogP contribution in [0.3, 0.4) is 0 Å². The molecule has 1 saturated heterocycles. The largest absolute Gasteiger partial charge is 0.496 e. The number of pyridine rings is 1. The number of aliphatic imine (C=N–C) groups is 1. The summed E-state index contributed by atoms with van der Waals surface area (Å²) in [6.07, 6.45) is 2.97. The van der Waals surface area contributed by atoms with Crippen LogP contribution >= 0.6 is 11.8 Å². The minimum Gasteiger partial charge on any atom is -0.496 e. The van der Waals surface area contributed by atoms with Crippen LogP contribution in [0.1, 0.15) is 36.7 Å². The van der Waals surface area contributed by atoms with E-state index >= 15 is 0 Å². The van der Waals surface area contributed by atoms with Crippen molar-refractivity contribution in [2.24, 2.45) is 4.99 Å². The summed E-state index contributed by atoms with van der Waals surface area (Å²) < 4.78 is 5.65. The highest BCUT2D eigenvalue weighted by molar-refractivity contribution is 8.14. The van der Waals surface area contributed by atoms with Crippen molar-refractivity contribution in [2.45, 2.75) is 31.5 Å². The Hall–Kier alpha value is -2.01. The summed E-state index contributed by atoms with van der Waals surface area (Å²) in [5.41, 5.74) is 2.21.